The number of nitrogens with zero attached hydrogens (tertiary/aromatic N) is 1. The molecule has 9 heteroatoms. The number of alkyl halides is 6. The lowest BCUT2D eigenvalue weighted by molar-refractivity contribution is -0.143. The van der Waals surface area contributed by atoms with Crippen LogP contribution in [0.2, 0.25) is 0 Å². The van der Waals surface area contributed by atoms with Gasteiger partial charge in [0.05, 0.1) is 17.3 Å². The molecule has 2 nitrogen and oxygen atoms in total. The standard InChI is InChI=1S/C11H4F6NOS/c12-10(13,14)6-1-2-8(7(3-6)11(15,16)17)19-9-4-18-5-20-9/h1-4H. The highest BCUT2D eigenvalue weighted by atomic mass is 32.1. The lowest BCUT2D eigenvalue weighted by Crippen LogP contribution is -2.11. The molecule has 1 aromatic carbocycles. The quantitative estimate of drug-likeness (QED) is 0.745. The fourth-order valence-electron chi connectivity index (χ4n) is 1.35. The van der Waals surface area contributed by atoms with E-state index in [0.717, 1.165) is 17.5 Å². The maximum atomic E-state index is 12.8. The lowest BCUT2D eigenvalue weighted by atomic mass is 10.1. The van der Waals surface area contributed by atoms with Gasteiger partial charge in [-0.2, -0.15) is 26.3 Å². The van der Waals surface area contributed by atoms with Crippen LogP contribution in [-0.2, 0) is 12.4 Å². The summed E-state index contributed by atoms with van der Waals surface area (Å²) in [6.07, 6.45) is -8.72. The zero-order valence-electron chi connectivity index (χ0n) is 9.34. The first-order chi connectivity index (χ1) is 9.18. The smallest absolute Gasteiger partial charge is 0.420 e. The van der Waals surface area contributed by atoms with Crippen LogP contribution in [0.25, 0.3) is 0 Å². The SMILES string of the molecule is FC(F)(F)c1ccc(Oc2cn[c]s2)c(C(F)(F)F)c1. The Bertz CT molecular complexity index is 590. The molecule has 1 heterocycles. The highest BCUT2D eigenvalue weighted by molar-refractivity contribution is 7.11. The highest BCUT2D eigenvalue weighted by Crippen LogP contribution is 2.42. The topological polar surface area (TPSA) is 22.1 Å². The van der Waals surface area contributed by atoms with Gasteiger partial charge in [-0.3, -0.25) is 0 Å². The first kappa shape index (κ1) is 14.6. The average molecular weight is 312 g/mol. The maximum Gasteiger partial charge on any atom is 0.420 e. The number of ether oxygens (including phenoxy) is 1. The first-order valence-corrected chi connectivity index (χ1v) is 5.78. The van der Waals surface area contributed by atoms with E-state index in [2.05, 4.69) is 10.5 Å². The molecule has 0 saturated carbocycles. The third-order valence-electron chi connectivity index (χ3n) is 2.19. The molecule has 107 valence electrons. The Morgan fingerprint density at radius 1 is 1.05 bits per heavy atom. The molecule has 0 aliphatic carbocycles. The zero-order chi connectivity index (χ0) is 15.0. The molecular formula is C11H4F6NOS. The third-order valence-corrected chi connectivity index (χ3v) is 2.78. The van der Waals surface area contributed by atoms with Crippen LogP contribution in [0.4, 0.5) is 26.3 Å². The first-order valence-electron chi connectivity index (χ1n) is 4.96. The number of rotatable bonds is 2. The fraction of sp³-hybridized carbons (Fsp3) is 0.182. The van der Waals surface area contributed by atoms with E-state index in [9.17, 15) is 26.3 Å². The van der Waals surface area contributed by atoms with Gasteiger partial charge < -0.3 is 4.74 Å². The summed E-state index contributed by atoms with van der Waals surface area (Å²) in [6.45, 7) is 0. The van der Waals surface area contributed by atoms with E-state index in [0.29, 0.717) is 12.1 Å². The number of hydrogen-bond donors (Lipinski definition) is 0. The summed E-state index contributed by atoms with van der Waals surface area (Å²) >= 11 is 0.799. The maximum absolute atomic E-state index is 12.8. The van der Waals surface area contributed by atoms with Gasteiger partial charge in [0.15, 0.2) is 5.51 Å². The normalized spacial score (nSPS) is 12.5. The van der Waals surface area contributed by atoms with E-state index in [-0.39, 0.29) is 11.1 Å². The van der Waals surface area contributed by atoms with Gasteiger partial charge >= 0.3 is 12.4 Å². The third kappa shape index (κ3) is 3.21. The van der Waals surface area contributed by atoms with Crippen molar-refractivity contribution >= 4 is 11.3 Å². The number of halogens is 6. The number of aromatic nitrogens is 1. The molecule has 0 N–H and O–H groups in total. The van der Waals surface area contributed by atoms with Crippen molar-refractivity contribution in [2.75, 3.05) is 0 Å². The minimum Gasteiger partial charge on any atom is -0.444 e. The van der Waals surface area contributed by atoms with Gasteiger partial charge in [0.1, 0.15) is 5.75 Å². The molecule has 1 aromatic heterocycles. The Kier molecular flexibility index (Phi) is 3.63. The van der Waals surface area contributed by atoms with E-state index < -0.39 is 29.2 Å². The Morgan fingerprint density at radius 3 is 2.25 bits per heavy atom. The van der Waals surface area contributed by atoms with Crippen molar-refractivity contribution in [3.63, 3.8) is 0 Å². The largest absolute Gasteiger partial charge is 0.444 e. The molecule has 0 bridgehead atoms. The lowest BCUT2D eigenvalue weighted by Gasteiger charge is -2.15. The minimum atomic E-state index is -4.97. The van der Waals surface area contributed by atoms with Crippen molar-refractivity contribution in [2.45, 2.75) is 12.4 Å². The molecule has 2 aromatic rings. The monoisotopic (exact) mass is 312 g/mol. The van der Waals surface area contributed by atoms with Gasteiger partial charge in [0, 0.05) is 0 Å². The van der Waals surface area contributed by atoms with E-state index in [1.165, 1.54) is 0 Å². The van der Waals surface area contributed by atoms with Gasteiger partial charge in [-0.15, -0.1) is 0 Å². The van der Waals surface area contributed by atoms with Crippen LogP contribution < -0.4 is 4.74 Å². The van der Waals surface area contributed by atoms with Crippen molar-refractivity contribution in [3.8, 4) is 10.8 Å². The molecule has 0 spiro atoms. The summed E-state index contributed by atoms with van der Waals surface area (Å²) in [5.41, 5.74) is -0.545. The van der Waals surface area contributed by atoms with Crippen LogP contribution in [0, 0.1) is 5.51 Å². The Morgan fingerprint density at radius 2 is 1.75 bits per heavy atom. The fourth-order valence-corrected chi connectivity index (χ4v) is 1.78. The van der Waals surface area contributed by atoms with Crippen molar-refractivity contribution in [1.82, 2.24) is 4.98 Å². The molecule has 0 atom stereocenters. The zero-order valence-corrected chi connectivity index (χ0v) is 10.2. The molecule has 0 amide bonds. The summed E-state index contributed by atoms with van der Waals surface area (Å²) in [6, 6.07) is 1.17. The van der Waals surface area contributed by atoms with Gasteiger partial charge in [-0.05, 0) is 18.2 Å². The second-order valence-electron chi connectivity index (χ2n) is 3.58. The average Bonchev–Trinajstić information content (AvgIpc) is 2.79. The second kappa shape index (κ2) is 4.97. The van der Waals surface area contributed by atoms with Gasteiger partial charge in [0.25, 0.3) is 0 Å². The summed E-state index contributed by atoms with van der Waals surface area (Å²) in [5.74, 6) is -0.719. The van der Waals surface area contributed by atoms with Crippen LogP contribution in [-0.4, -0.2) is 4.98 Å². The van der Waals surface area contributed by atoms with Crippen molar-refractivity contribution in [1.29, 1.82) is 0 Å². The number of thiazole rings is 1. The molecular weight excluding hydrogens is 308 g/mol. The van der Waals surface area contributed by atoms with Gasteiger partial charge in [0.2, 0.25) is 5.06 Å². The summed E-state index contributed by atoms with van der Waals surface area (Å²) in [7, 11) is 0. The van der Waals surface area contributed by atoms with Crippen LogP contribution in [0.15, 0.2) is 24.4 Å². The van der Waals surface area contributed by atoms with Crippen LogP contribution in [0.3, 0.4) is 0 Å². The van der Waals surface area contributed by atoms with Gasteiger partial charge in [-0.25, -0.2) is 4.98 Å². The molecule has 0 fully saturated rings. The van der Waals surface area contributed by atoms with Crippen molar-refractivity contribution < 1.29 is 31.1 Å². The van der Waals surface area contributed by atoms with E-state index in [4.69, 9.17) is 4.74 Å². The van der Waals surface area contributed by atoms with Crippen molar-refractivity contribution in [2.24, 2.45) is 0 Å². The minimum absolute atomic E-state index is 0.00439. The molecule has 0 unspecified atom stereocenters. The summed E-state index contributed by atoms with van der Waals surface area (Å²) in [4.78, 5) is 3.47. The van der Waals surface area contributed by atoms with Crippen LogP contribution >= 0.6 is 11.3 Å². The molecule has 20 heavy (non-hydrogen) atoms. The predicted octanol–water partition coefficient (Wildman–Crippen LogP) is 4.77. The van der Waals surface area contributed by atoms with E-state index in [1.807, 2.05) is 0 Å². The van der Waals surface area contributed by atoms with Gasteiger partial charge in [-0.1, -0.05) is 11.3 Å². The summed E-state index contributed by atoms with van der Waals surface area (Å²) in [5, 5.41) is -0.00439. The molecule has 1 radical (unpaired) electrons. The predicted molar refractivity (Wildman–Crippen MR) is 57.5 cm³/mol. The molecule has 0 saturated heterocycles. The van der Waals surface area contributed by atoms with Crippen LogP contribution in [0.1, 0.15) is 11.1 Å². The number of benzene rings is 1. The van der Waals surface area contributed by atoms with Crippen LogP contribution in [0.5, 0.6) is 10.8 Å². The molecule has 0 aliphatic rings. The Hall–Kier alpha value is -1.77. The molecule has 0 aliphatic heterocycles. The van der Waals surface area contributed by atoms with E-state index in [1.54, 1.807) is 0 Å². The molecule has 2 rings (SSSR count). The second-order valence-corrected chi connectivity index (χ2v) is 4.37. The Labute approximate surface area is 112 Å². The number of hydrogen-bond acceptors (Lipinski definition) is 3. The van der Waals surface area contributed by atoms with E-state index >= 15 is 0 Å². The Balaban J connectivity index is 2.46. The highest BCUT2D eigenvalue weighted by Gasteiger charge is 2.39. The van der Waals surface area contributed by atoms with Crippen molar-refractivity contribution in [3.05, 3.63) is 41.0 Å². The summed E-state index contributed by atoms with van der Waals surface area (Å²) < 4.78 is 80.5.